The summed E-state index contributed by atoms with van der Waals surface area (Å²) in [6.45, 7) is 8.91. The van der Waals surface area contributed by atoms with Crippen LogP contribution >= 0.6 is 0 Å². The Hall–Kier alpha value is -0.340. The number of piperidine rings is 1. The summed E-state index contributed by atoms with van der Waals surface area (Å²) in [6.07, 6.45) is 4.26. The molecule has 1 N–H and O–H groups in total. The van der Waals surface area contributed by atoms with Crippen molar-refractivity contribution >= 4 is 10.1 Å². The number of alkyl halides is 3. The highest BCUT2D eigenvalue weighted by molar-refractivity contribution is 7.86. The molecule has 1 fully saturated rings. The van der Waals surface area contributed by atoms with Crippen LogP contribution < -0.4 is 4.90 Å². The van der Waals surface area contributed by atoms with E-state index in [2.05, 4.69) is 13.8 Å². The predicted octanol–water partition coefficient (Wildman–Crippen LogP) is 0.763. The first-order valence-electron chi connectivity index (χ1n) is 5.93. The van der Waals surface area contributed by atoms with E-state index in [4.69, 9.17) is 13.0 Å². The Kier molecular flexibility index (Phi) is 7.16. The van der Waals surface area contributed by atoms with E-state index in [0.717, 1.165) is 5.92 Å². The summed E-state index contributed by atoms with van der Waals surface area (Å²) in [5, 5.41) is 0. The van der Waals surface area contributed by atoms with Gasteiger partial charge in [-0.2, -0.15) is 13.2 Å². The maximum atomic E-state index is 10.7. The summed E-state index contributed by atoms with van der Waals surface area (Å²) >= 11 is 0. The van der Waals surface area contributed by atoms with E-state index >= 15 is 0 Å². The summed E-state index contributed by atoms with van der Waals surface area (Å²) in [5.41, 5.74) is -5.65. The largest absolute Gasteiger partial charge is 0.741 e. The van der Waals surface area contributed by atoms with Crippen LogP contribution in [-0.4, -0.2) is 38.1 Å². The van der Waals surface area contributed by atoms with Gasteiger partial charge in [0.05, 0.1) is 19.6 Å². The van der Waals surface area contributed by atoms with E-state index in [0.29, 0.717) is 0 Å². The summed E-state index contributed by atoms with van der Waals surface area (Å²) in [5.74, 6) is 1.00. The first-order chi connectivity index (χ1) is 8.08. The molecule has 110 valence electrons. The Morgan fingerprint density at radius 3 is 1.94 bits per heavy atom. The molecule has 0 radical (unpaired) electrons. The third kappa shape index (κ3) is 7.17. The molecular weight excluding hydrogens is 271 g/mol. The Labute approximate surface area is 106 Å². The van der Waals surface area contributed by atoms with Crippen LogP contribution in [0.2, 0.25) is 0 Å². The summed E-state index contributed by atoms with van der Waals surface area (Å²) in [6, 6.07) is 0. The maximum Gasteiger partial charge on any atom is 0.485 e. The van der Waals surface area contributed by atoms with Crippen LogP contribution in [0.5, 0.6) is 0 Å². The van der Waals surface area contributed by atoms with Gasteiger partial charge < -0.3 is 9.45 Å². The molecule has 1 rings (SSSR count). The Balaban J connectivity index is 0.000000331. The fourth-order valence-corrected chi connectivity index (χ4v) is 1.77. The number of nitrogens with one attached hydrogen (secondary N) is 1. The highest BCUT2D eigenvalue weighted by Gasteiger charge is 2.36. The summed E-state index contributed by atoms with van der Waals surface area (Å²) < 4.78 is 58.9. The van der Waals surface area contributed by atoms with E-state index in [1.54, 1.807) is 0 Å². The van der Waals surface area contributed by atoms with Gasteiger partial charge in [-0.25, -0.2) is 8.42 Å². The first-order valence-corrected chi connectivity index (χ1v) is 7.34. The minimum absolute atomic E-state index is 1.00. The van der Waals surface area contributed by atoms with Crippen molar-refractivity contribution in [1.29, 1.82) is 0 Å². The molecule has 4 nitrogen and oxygen atoms in total. The number of hydrogen-bond acceptors (Lipinski definition) is 3. The molecule has 0 aromatic heterocycles. The van der Waals surface area contributed by atoms with Crippen molar-refractivity contribution in [1.82, 2.24) is 0 Å². The third-order valence-electron chi connectivity index (χ3n) is 2.87. The molecule has 0 aromatic rings. The average Bonchev–Trinajstić information content (AvgIpc) is 2.20. The topological polar surface area (TPSA) is 61.6 Å². The lowest BCUT2D eigenvalue weighted by molar-refractivity contribution is -0.906. The molecule has 18 heavy (non-hydrogen) atoms. The molecule has 0 aromatic carbocycles. The lowest BCUT2D eigenvalue weighted by atomic mass is 9.99. The lowest BCUT2D eigenvalue weighted by Gasteiger charge is -2.26. The van der Waals surface area contributed by atoms with Gasteiger partial charge in [0.25, 0.3) is 0 Å². The molecule has 0 atom stereocenters. The van der Waals surface area contributed by atoms with Crippen molar-refractivity contribution in [2.75, 3.05) is 19.6 Å². The van der Waals surface area contributed by atoms with Crippen molar-refractivity contribution < 1.29 is 31.0 Å². The van der Waals surface area contributed by atoms with Crippen molar-refractivity contribution in [3.05, 3.63) is 0 Å². The lowest BCUT2D eigenvalue weighted by Crippen LogP contribution is -3.13. The second-order valence-electron chi connectivity index (χ2n) is 4.58. The highest BCUT2D eigenvalue weighted by atomic mass is 32.2. The zero-order chi connectivity index (χ0) is 14.4. The fourth-order valence-electron chi connectivity index (χ4n) is 1.77. The van der Waals surface area contributed by atoms with Gasteiger partial charge in [0.2, 0.25) is 0 Å². The SMILES string of the molecule is CCC[NH+]1CCC(C)CC1.O=S(=O)([O-])C(F)(F)F. The number of rotatable bonds is 2. The standard InChI is InChI=1S/C9H19N.CHF3O3S/c1-3-6-10-7-4-9(2)5-8-10;2-1(3,4)8(5,6)7/h9H,3-8H2,1-2H3;(H,5,6,7). The monoisotopic (exact) mass is 291 g/mol. The molecule has 8 heteroatoms. The molecule has 0 saturated carbocycles. The van der Waals surface area contributed by atoms with Crippen LogP contribution in [-0.2, 0) is 10.1 Å². The highest BCUT2D eigenvalue weighted by Crippen LogP contribution is 2.20. The zero-order valence-corrected chi connectivity index (χ0v) is 11.4. The molecule has 1 saturated heterocycles. The number of hydrogen-bond donors (Lipinski definition) is 1. The van der Waals surface area contributed by atoms with Crippen LogP contribution in [0.15, 0.2) is 0 Å². The Morgan fingerprint density at radius 1 is 1.28 bits per heavy atom. The van der Waals surface area contributed by atoms with Crippen molar-refractivity contribution in [2.45, 2.75) is 38.6 Å². The summed E-state index contributed by atoms with van der Waals surface area (Å²) in [4.78, 5) is 1.83. The molecule has 0 amide bonds. The van der Waals surface area contributed by atoms with E-state index in [1.165, 1.54) is 38.9 Å². The van der Waals surface area contributed by atoms with E-state index in [9.17, 15) is 13.2 Å². The van der Waals surface area contributed by atoms with Gasteiger partial charge in [-0.05, 0) is 25.2 Å². The predicted molar refractivity (Wildman–Crippen MR) is 60.0 cm³/mol. The van der Waals surface area contributed by atoms with Crippen LogP contribution in [0.4, 0.5) is 13.2 Å². The van der Waals surface area contributed by atoms with Crippen molar-refractivity contribution in [2.24, 2.45) is 5.92 Å². The molecule has 0 aliphatic carbocycles. The fraction of sp³-hybridized carbons (Fsp3) is 1.00. The normalized spacial score (nSPS) is 25.2. The first kappa shape index (κ1) is 17.7. The molecule has 1 aliphatic rings. The average molecular weight is 291 g/mol. The molecule has 1 aliphatic heterocycles. The maximum absolute atomic E-state index is 10.7. The minimum atomic E-state index is -6.09. The van der Waals surface area contributed by atoms with Crippen molar-refractivity contribution in [3.63, 3.8) is 0 Å². The Bertz CT molecular complexity index is 322. The molecule has 0 bridgehead atoms. The number of quaternary nitrogens is 1. The van der Waals surface area contributed by atoms with Gasteiger partial charge in [-0.1, -0.05) is 13.8 Å². The van der Waals surface area contributed by atoms with Gasteiger partial charge >= 0.3 is 5.51 Å². The van der Waals surface area contributed by atoms with Crippen LogP contribution in [0.25, 0.3) is 0 Å². The van der Waals surface area contributed by atoms with Gasteiger partial charge in [-0.15, -0.1) is 0 Å². The molecule has 0 unspecified atom stereocenters. The molecular formula is C10H20F3NO3S. The van der Waals surface area contributed by atoms with Crippen LogP contribution in [0.3, 0.4) is 0 Å². The molecule has 1 heterocycles. The second-order valence-corrected chi connectivity index (χ2v) is 5.95. The van der Waals surface area contributed by atoms with Gasteiger partial charge in [0, 0.05) is 0 Å². The van der Waals surface area contributed by atoms with Gasteiger partial charge in [0.1, 0.15) is 0 Å². The number of likely N-dealkylation sites (tertiary alicyclic amines) is 1. The minimum Gasteiger partial charge on any atom is -0.741 e. The molecule has 0 spiro atoms. The van der Waals surface area contributed by atoms with Gasteiger partial charge in [0.15, 0.2) is 10.1 Å². The van der Waals surface area contributed by atoms with E-state index < -0.39 is 15.6 Å². The van der Waals surface area contributed by atoms with Gasteiger partial charge in [-0.3, -0.25) is 0 Å². The zero-order valence-electron chi connectivity index (χ0n) is 10.6. The number of halogens is 3. The second kappa shape index (κ2) is 7.30. The van der Waals surface area contributed by atoms with E-state index in [1.807, 2.05) is 4.90 Å². The smallest absolute Gasteiger partial charge is 0.485 e. The quantitative estimate of drug-likeness (QED) is 0.603. The van der Waals surface area contributed by atoms with Crippen molar-refractivity contribution in [3.8, 4) is 0 Å². The third-order valence-corrected chi connectivity index (χ3v) is 3.44. The van der Waals surface area contributed by atoms with E-state index in [-0.39, 0.29) is 0 Å². The van der Waals surface area contributed by atoms with Crippen LogP contribution in [0, 0.1) is 5.92 Å². The summed E-state index contributed by atoms with van der Waals surface area (Å²) in [7, 11) is -6.09. The van der Waals surface area contributed by atoms with Crippen LogP contribution in [0.1, 0.15) is 33.1 Å². The Morgan fingerprint density at radius 2 is 1.67 bits per heavy atom.